The lowest BCUT2D eigenvalue weighted by molar-refractivity contribution is 0.0524. The number of piperazine rings is 1. The number of aliphatic hydroxyl groups is 1. The Balaban J connectivity index is 1.94. The lowest BCUT2D eigenvalue weighted by atomic mass is 10.1. The van der Waals surface area contributed by atoms with Crippen molar-refractivity contribution in [3.8, 4) is 0 Å². The number of halogens is 2. The Morgan fingerprint density at radius 1 is 1.29 bits per heavy atom. The average molecular weight is 331 g/mol. The molecule has 0 aromatic heterocycles. The molecule has 1 aromatic carbocycles. The number of aliphatic hydroxyl groups excluding tert-OH is 1. The number of carbonyl (C=O) groups is 1. The van der Waals surface area contributed by atoms with Crippen LogP contribution in [0.2, 0.25) is 10.0 Å². The molecule has 1 N–H and O–H groups in total. The van der Waals surface area contributed by atoms with Gasteiger partial charge in [0.1, 0.15) is 0 Å². The molecule has 21 heavy (non-hydrogen) atoms. The molecule has 1 fully saturated rings. The van der Waals surface area contributed by atoms with Gasteiger partial charge in [-0.1, -0.05) is 30.1 Å². The maximum Gasteiger partial charge on any atom is 0.255 e. The van der Waals surface area contributed by atoms with Gasteiger partial charge in [0.15, 0.2) is 0 Å². The molecule has 0 radical (unpaired) electrons. The summed E-state index contributed by atoms with van der Waals surface area (Å²) in [5.41, 5.74) is 0.489. The molecular weight excluding hydrogens is 311 g/mol. The highest BCUT2D eigenvalue weighted by atomic mass is 35.5. The van der Waals surface area contributed by atoms with Crippen molar-refractivity contribution in [3.05, 3.63) is 33.8 Å². The second kappa shape index (κ2) is 7.45. The highest BCUT2D eigenvalue weighted by molar-refractivity contribution is 6.36. The molecule has 0 spiro atoms. The first-order valence-corrected chi connectivity index (χ1v) is 7.91. The minimum Gasteiger partial charge on any atom is -0.392 e. The molecule has 1 aliphatic heterocycles. The number of nitrogens with zero attached hydrogens (tertiary/aromatic N) is 2. The third-order valence-electron chi connectivity index (χ3n) is 3.76. The van der Waals surface area contributed by atoms with E-state index in [0.717, 1.165) is 19.5 Å². The van der Waals surface area contributed by atoms with Crippen LogP contribution in [0.3, 0.4) is 0 Å². The van der Waals surface area contributed by atoms with E-state index in [9.17, 15) is 9.90 Å². The van der Waals surface area contributed by atoms with Gasteiger partial charge in [0.05, 0.1) is 16.7 Å². The molecule has 116 valence electrons. The quantitative estimate of drug-likeness (QED) is 0.922. The maximum absolute atomic E-state index is 12.4. The lowest BCUT2D eigenvalue weighted by Gasteiger charge is -2.35. The monoisotopic (exact) mass is 330 g/mol. The summed E-state index contributed by atoms with van der Waals surface area (Å²) >= 11 is 11.9. The second-order valence-corrected chi connectivity index (χ2v) is 6.12. The van der Waals surface area contributed by atoms with Crippen LogP contribution in [0.4, 0.5) is 0 Å². The Hall–Kier alpha value is -0.810. The molecule has 1 amide bonds. The zero-order valence-electron chi connectivity index (χ0n) is 12.1. The largest absolute Gasteiger partial charge is 0.392 e. The van der Waals surface area contributed by atoms with E-state index < -0.39 is 0 Å². The van der Waals surface area contributed by atoms with Crippen LogP contribution in [0.1, 0.15) is 23.7 Å². The first kappa shape index (κ1) is 16.6. The summed E-state index contributed by atoms with van der Waals surface area (Å²) in [6.45, 7) is 5.47. The van der Waals surface area contributed by atoms with Gasteiger partial charge < -0.3 is 10.0 Å². The van der Waals surface area contributed by atoms with Gasteiger partial charge >= 0.3 is 0 Å². The van der Waals surface area contributed by atoms with E-state index in [1.807, 2.05) is 6.92 Å². The van der Waals surface area contributed by atoms with Crippen LogP contribution in [0.25, 0.3) is 0 Å². The van der Waals surface area contributed by atoms with Gasteiger partial charge in [-0.15, -0.1) is 0 Å². The standard InChI is InChI=1S/C15H20Cl2N2O2/c1-2-12(20)10-18-5-7-19(8-6-18)15(21)13-4-3-11(16)9-14(13)17/h3-4,9,12,20H,2,5-8,10H2,1H3. The van der Waals surface area contributed by atoms with Gasteiger partial charge in [0, 0.05) is 37.7 Å². The van der Waals surface area contributed by atoms with E-state index in [0.29, 0.717) is 35.2 Å². The fourth-order valence-electron chi connectivity index (χ4n) is 2.39. The first-order valence-electron chi connectivity index (χ1n) is 7.16. The molecular formula is C15H20Cl2N2O2. The van der Waals surface area contributed by atoms with Crippen molar-refractivity contribution < 1.29 is 9.90 Å². The fourth-order valence-corrected chi connectivity index (χ4v) is 2.88. The third-order valence-corrected chi connectivity index (χ3v) is 4.31. The fraction of sp³-hybridized carbons (Fsp3) is 0.533. The number of β-amino-alcohol motifs (C(OH)–C–C–N with tert-alkyl or cyclic N) is 1. The van der Waals surface area contributed by atoms with Gasteiger partial charge in [-0.2, -0.15) is 0 Å². The Morgan fingerprint density at radius 3 is 2.52 bits per heavy atom. The summed E-state index contributed by atoms with van der Waals surface area (Å²) < 4.78 is 0. The lowest BCUT2D eigenvalue weighted by Crippen LogP contribution is -2.50. The number of hydrogen-bond donors (Lipinski definition) is 1. The molecule has 1 heterocycles. The van der Waals surface area contributed by atoms with E-state index in [-0.39, 0.29) is 12.0 Å². The first-order chi connectivity index (χ1) is 10.0. The van der Waals surface area contributed by atoms with Crippen molar-refractivity contribution in [2.24, 2.45) is 0 Å². The summed E-state index contributed by atoms with van der Waals surface area (Å²) in [4.78, 5) is 16.4. The van der Waals surface area contributed by atoms with E-state index in [2.05, 4.69) is 4.90 Å². The van der Waals surface area contributed by atoms with Crippen LogP contribution in [0, 0.1) is 0 Å². The maximum atomic E-state index is 12.4. The van der Waals surface area contributed by atoms with Crippen molar-refractivity contribution in [2.75, 3.05) is 32.7 Å². The molecule has 2 rings (SSSR count). The molecule has 0 bridgehead atoms. The summed E-state index contributed by atoms with van der Waals surface area (Å²) in [7, 11) is 0. The van der Waals surface area contributed by atoms with Gasteiger partial charge in [-0.3, -0.25) is 9.69 Å². The number of carbonyl (C=O) groups excluding carboxylic acids is 1. The molecule has 4 nitrogen and oxygen atoms in total. The summed E-state index contributed by atoms with van der Waals surface area (Å²) in [5.74, 6) is -0.0626. The predicted octanol–water partition coefficient (Wildman–Crippen LogP) is 2.52. The smallest absolute Gasteiger partial charge is 0.255 e. The number of benzene rings is 1. The third kappa shape index (κ3) is 4.33. The number of hydrogen-bond acceptors (Lipinski definition) is 3. The highest BCUT2D eigenvalue weighted by Gasteiger charge is 2.24. The molecule has 1 aliphatic rings. The minimum absolute atomic E-state index is 0.0626. The van der Waals surface area contributed by atoms with Crippen LogP contribution in [-0.4, -0.2) is 59.6 Å². The molecule has 6 heteroatoms. The Morgan fingerprint density at radius 2 is 1.95 bits per heavy atom. The summed E-state index contributed by atoms with van der Waals surface area (Å²) in [6, 6.07) is 4.93. The zero-order valence-corrected chi connectivity index (χ0v) is 13.6. The molecule has 1 atom stereocenters. The predicted molar refractivity (Wildman–Crippen MR) is 85.1 cm³/mol. The summed E-state index contributed by atoms with van der Waals surface area (Å²) in [5, 5.41) is 10.6. The topological polar surface area (TPSA) is 43.8 Å². The summed E-state index contributed by atoms with van der Waals surface area (Å²) in [6.07, 6.45) is 0.456. The molecule has 0 saturated carbocycles. The van der Waals surface area contributed by atoms with E-state index in [1.54, 1.807) is 23.1 Å². The SMILES string of the molecule is CCC(O)CN1CCN(C(=O)c2ccc(Cl)cc2Cl)CC1. The minimum atomic E-state index is -0.294. The van der Waals surface area contributed by atoms with Gasteiger partial charge in [-0.25, -0.2) is 0 Å². The van der Waals surface area contributed by atoms with Gasteiger partial charge in [-0.05, 0) is 24.6 Å². The highest BCUT2D eigenvalue weighted by Crippen LogP contribution is 2.22. The average Bonchev–Trinajstić information content (AvgIpc) is 2.47. The van der Waals surface area contributed by atoms with Gasteiger partial charge in [0.2, 0.25) is 0 Å². The van der Waals surface area contributed by atoms with Crippen molar-refractivity contribution >= 4 is 29.1 Å². The second-order valence-electron chi connectivity index (χ2n) is 5.28. The number of amides is 1. The van der Waals surface area contributed by atoms with Crippen molar-refractivity contribution in [1.82, 2.24) is 9.80 Å². The Kier molecular flexibility index (Phi) is 5.88. The van der Waals surface area contributed by atoms with Crippen molar-refractivity contribution in [3.63, 3.8) is 0 Å². The van der Waals surface area contributed by atoms with Crippen LogP contribution in [0.5, 0.6) is 0 Å². The molecule has 1 saturated heterocycles. The normalized spacial score (nSPS) is 17.8. The van der Waals surface area contributed by atoms with Crippen molar-refractivity contribution in [1.29, 1.82) is 0 Å². The van der Waals surface area contributed by atoms with E-state index in [1.165, 1.54) is 0 Å². The molecule has 1 aromatic rings. The molecule has 0 aliphatic carbocycles. The Labute approximate surface area is 135 Å². The van der Waals surface area contributed by atoms with Crippen LogP contribution < -0.4 is 0 Å². The van der Waals surface area contributed by atoms with Crippen LogP contribution >= 0.6 is 23.2 Å². The number of rotatable bonds is 4. The molecule has 1 unspecified atom stereocenters. The van der Waals surface area contributed by atoms with E-state index >= 15 is 0 Å². The van der Waals surface area contributed by atoms with Crippen LogP contribution in [-0.2, 0) is 0 Å². The van der Waals surface area contributed by atoms with Gasteiger partial charge in [0.25, 0.3) is 5.91 Å². The van der Waals surface area contributed by atoms with Crippen molar-refractivity contribution in [2.45, 2.75) is 19.4 Å². The Bertz CT molecular complexity index is 502. The van der Waals surface area contributed by atoms with Crippen LogP contribution in [0.15, 0.2) is 18.2 Å². The zero-order chi connectivity index (χ0) is 15.4. The van der Waals surface area contributed by atoms with E-state index in [4.69, 9.17) is 23.2 Å².